The average molecular weight is 994 g/mol. The Morgan fingerprint density at radius 3 is 2.36 bits per heavy atom. The van der Waals surface area contributed by atoms with Gasteiger partial charge in [-0.15, -0.1) is 0 Å². The number of imide groups is 1. The maximum Gasteiger partial charge on any atom is 0.319 e. The molecule has 4 saturated heterocycles. The summed E-state index contributed by atoms with van der Waals surface area (Å²) in [6.07, 6.45) is 13.4. The molecule has 15 nitrogen and oxygen atoms in total. The lowest BCUT2D eigenvalue weighted by Gasteiger charge is -2.44. The monoisotopic (exact) mass is 994 g/mol. The van der Waals surface area contributed by atoms with Crippen molar-refractivity contribution in [2.24, 2.45) is 17.3 Å². The number of aromatic nitrogens is 3. The molecule has 3 unspecified atom stereocenters. The van der Waals surface area contributed by atoms with E-state index in [1.165, 1.54) is 19.3 Å². The van der Waals surface area contributed by atoms with Crippen molar-refractivity contribution < 1.29 is 33.0 Å². The van der Waals surface area contributed by atoms with Gasteiger partial charge < -0.3 is 38.7 Å². The lowest BCUT2D eigenvalue weighted by Crippen LogP contribution is -2.52. The number of aryl methyl sites for hydroxylation is 1. The van der Waals surface area contributed by atoms with Crippen molar-refractivity contribution in [1.82, 2.24) is 35.0 Å². The van der Waals surface area contributed by atoms with Crippen LogP contribution in [0.2, 0.25) is 0 Å². The highest BCUT2D eigenvalue weighted by molar-refractivity contribution is 6.06. The molecule has 73 heavy (non-hydrogen) atoms. The molecule has 0 spiro atoms. The molecule has 384 valence electrons. The molecule has 7 aliphatic rings. The molecule has 2 aromatic heterocycles. The van der Waals surface area contributed by atoms with Crippen molar-refractivity contribution in [2.45, 2.75) is 109 Å². The Hall–Kier alpha value is -5.97. The zero-order valence-electron chi connectivity index (χ0n) is 42.5. The van der Waals surface area contributed by atoms with Crippen molar-refractivity contribution in [3.63, 3.8) is 0 Å². The molecule has 12 rings (SSSR count). The summed E-state index contributed by atoms with van der Waals surface area (Å²) in [4.78, 5) is 64.1. The van der Waals surface area contributed by atoms with E-state index in [9.17, 15) is 14.4 Å². The first-order valence-electron chi connectivity index (χ1n) is 26.9. The Bertz CT molecular complexity index is 2940. The van der Waals surface area contributed by atoms with Crippen LogP contribution in [0.4, 0.5) is 15.9 Å². The number of ether oxygens (including phenoxy) is 3. The lowest BCUT2D eigenvalue weighted by atomic mass is 9.95. The van der Waals surface area contributed by atoms with Crippen molar-refractivity contribution in [3.05, 3.63) is 77.2 Å². The molecular weight excluding hydrogens is 926 g/mol. The Morgan fingerprint density at radius 2 is 1.63 bits per heavy atom. The molecule has 1 N–H and O–H groups in total. The van der Waals surface area contributed by atoms with Crippen LogP contribution in [-0.4, -0.2) is 139 Å². The fourth-order valence-corrected chi connectivity index (χ4v) is 13.4. The number of nitrogens with one attached hydrogen (secondary N) is 1. The highest BCUT2D eigenvalue weighted by atomic mass is 19.1. The lowest BCUT2D eigenvalue weighted by molar-refractivity contribution is -0.136. The summed E-state index contributed by atoms with van der Waals surface area (Å²) in [5.74, 6) is 1.22. The van der Waals surface area contributed by atoms with Crippen molar-refractivity contribution in [1.29, 1.82) is 0 Å². The first-order chi connectivity index (χ1) is 35.5. The third-order valence-corrected chi connectivity index (χ3v) is 17.6. The van der Waals surface area contributed by atoms with Gasteiger partial charge in [-0.2, -0.15) is 9.97 Å². The third-order valence-electron chi connectivity index (χ3n) is 17.6. The van der Waals surface area contributed by atoms with Crippen LogP contribution >= 0.6 is 0 Å². The molecule has 2 aliphatic carbocycles. The number of carbonyl (C=O) groups is 3. The number of halogens is 1. The molecule has 2 bridgehead atoms. The van der Waals surface area contributed by atoms with Gasteiger partial charge in [0.05, 0.1) is 12.0 Å². The Balaban J connectivity index is 0.696. The summed E-state index contributed by atoms with van der Waals surface area (Å²) in [5, 5.41) is 4.90. The molecule has 16 heteroatoms. The number of hydrogen-bond acceptors (Lipinski definition) is 13. The number of benzene rings is 3. The van der Waals surface area contributed by atoms with Gasteiger partial charge in [-0.1, -0.05) is 25.1 Å². The van der Waals surface area contributed by atoms with E-state index in [1.807, 2.05) is 36.4 Å². The number of fused-ring (bicyclic) bond motifs is 5. The van der Waals surface area contributed by atoms with Gasteiger partial charge in [0.1, 0.15) is 28.8 Å². The maximum absolute atomic E-state index is 17.5. The number of carbonyl (C=O) groups excluding carboxylic acids is 3. The summed E-state index contributed by atoms with van der Waals surface area (Å²) in [6, 6.07) is 16.7. The van der Waals surface area contributed by atoms with E-state index in [2.05, 4.69) is 51.0 Å². The number of methoxy groups -OCH3 is 1. The van der Waals surface area contributed by atoms with Crippen LogP contribution in [0.15, 0.2) is 54.7 Å². The Labute approximate surface area is 426 Å². The van der Waals surface area contributed by atoms with Crippen LogP contribution in [0.3, 0.4) is 0 Å². The maximum atomic E-state index is 17.5. The second kappa shape index (κ2) is 19.7. The fraction of sp³-hybridized carbons (Fsp3) is 0.544. The molecule has 3 amide bonds. The smallest absolute Gasteiger partial charge is 0.319 e. The summed E-state index contributed by atoms with van der Waals surface area (Å²) < 4.78 is 35.3. The van der Waals surface area contributed by atoms with E-state index in [1.54, 1.807) is 18.2 Å². The Morgan fingerprint density at radius 1 is 0.863 bits per heavy atom. The van der Waals surface area contributed by atoms with Gasteiger partial charge in [-0.05, 0) is 155 Å². The van der Waals surface area contributed by atoms with E-state index in [4.69, 9.17) is 29.2 Å². The minimum Gasteiger partial charge on any atom is -0.468 e. The van der Waals surface area contributed by atoms with Crippen LogP contribution in [-0.2, 0) is 27.3 Å². The topological polar surface area (TPSA) is 146 Å². The number of amides is 3. The predicted molar refractivity (Wildman–Crippen MR) is 277 cm³/mol. The summed E-state index contributed by atoms with van der Waals surface area (Å²) in [6.45, 7) is 9.78. The zero-order chi connectivity index (χ0) is 50.0. The van der Waals surface area contributed by atoms with Gasteiger partial charge >= 0.3 is 6.01 Å². The summed E-state index contributed by atoms with van der Waals surface area (Å²) in [5.41, 5.74) is 4.96. The van der Waals surface area contributed by atoms with Gasteiger partial charge in [0.25, 0.3) is 5.91 Å². The standard InChI is InChI=1S/C57H68FN9O6/c1-4-37-6-5-7-38-26-43(73-34-71-3)27-45(49(37)38)51-50(58)52-46(28-59-51)53(66-29-35-8-9-36(24-35)30-66)62-56(61-52)72-33-57(18-19-57)32-64-20-14-40(15-21-64)63(2)41-16-22-65(23-17-41)42-10-11-44-39(25-42)31-67(55(44)70)47-12-13-48(68)60-54(47)69/h5-7,10-11,25-28,35-36,40-41,47H,4,8-9,12-24,29-34H2,1-3H3,(H,60,68,69). The van der Waals surface area contributed by atoms with Gasteiger partial charge in [0.2, 0.25) is 11.8 Å². The van der Waals surface area contributed by atoms with E-state index < -0.39 is 11.9 Å². The largest absolute Gasteiger partial charge is 0.468 e. The minimum atomic E-state index is -0.607. The number of anilines is 2. The average Bonchev–Trinajstić information content (AvgIpc) is 3.99. The molecule has 5 aliphatic heterocycles. The van der Waals surface area contributed by atoms with Crippen LogP contribution in [0.5, 0.6) is 11.8 Å². The second-order valence-corrected chi connectivity index (χ2v) is 22.3. The molecule has 3 atom stereocenters. The van der Waals surface area contributed by atoms with Crippen molar-refractivity contribution >= 4 is 50.9 Å². The van der Waals surface area contributed by atoms with Gasteiger partial charge in [0.15, 0.2) is 12.6 Å². The number of nitrogens with zero attached hydrogens (tertiary/aromatic N) is 8. The Kier molecular flexibility index (Phi) is 13.0. The summed E-state index contributed by atoms with van der Waals surface area (Å²) >= 11 is 0. The highest BCUT2D eigenvalue weighted by Crippen LogP contribution is 2.48. The highest BCUT2D eigenvalue weighted by Gasteiger charge is 2.46. The number of piperidine rings is 4. The SMILES string of the molecule is CCc1cccc2cc(OCOC)cc(-c3ncc4c(N5CC6CCC(C6)C5)nc(OCC5(CN6CCC(N(C)C7CCN(c8ccc9c(c8)CN(C8CCC(=O)NC8=O)C9=O)CC7)CC6)CC5)nc4c3F)c12. The van der Waals surface area contributed by atoms with E-state index >= 15 is 4.39 Å². The number of likely N-dealkylation sites (tertiary alicyclic amines) is 1. The first-order valence-corrected chi connectivity index (χ1v) is 26.9. The van der Waals surface area contributed by atoms with Gasteiger partial charge in [0, 0.05) is 93.3 Å². The van der Waals surface area contributed by atoms with Crippen LogP contribution in [0.25, 0.3) is 32.9 Å². The molecule has 0 radical (unpaired) electrons. The molecule has 2 saturated carbocycles. The quantitative estimate of drug-likeness (QED) is 0.0807. The molecule has 6 fully saturated rings. The van der Waals surface area contributed by atoms with Crippen LogP contribution in [0, 0.1) is 23.1 Å². The number of hydrogen-bond donors (Lipinski definition) is 1. The molecular formula is C57H68FN9O6. The van der Waals surface area contributed by atoms with E-state index in [0.29, 0.717) is 71.6 Å². The molecule has 7 heterocycles. The fourth-order valence-electron chi connectivity index (χ4n) is 13.4. The third kappa shape index (κ3) is 9.36. The van der Waals surface area contributed by atoms with Gasteiger partial charge in [-0.3, -0.25) is 24.7 Å². The van der Waals surface area contributed by atoms with E-state index in [0.717, 1.165) is 118 Å². The van der Waals surface area contributed by atoms with Crippen LogP contribution < -0.4 is 24.6 Å². The van der Waals surface area contributed by atoms with Crippen molar-refractivity contribution in [2.75, 3.05) is 83.2 Å². The number of pyridine rings is 1. The normalized spacial score (nSPS) is 23.5. The number of rotatable bonds is 15. The second-order valence-electron chi connectivity index (χ2n) is 22.3. The van der Waals surface area contributed by atoms with Gasteiger partial charge in [-0.25, -0.2) is 4.39 Å². The molecule has 5 aromatic rings. The predicted octanol–water partition coefficient (Wildman–Crippen LogP) is 7.75. The zero-order valence-corrected chi connectivity index (χ0v) is 42.5. The van der Waals surface area contributed by atoms with Crippen LogP contribution in [0.1, 0.15) is 99.0 Å². The van der Waals surface area contributed by atoms with Crippen molar-refractivity contribution in [3.8, 4) is 23.0 Å². The first kappa shape index (κ1) is 48.0. The molecule has 3 aromatic carbocycles. The summed E-state index contributed by atoms with van der Waals surface area (Å²) in [7, 11) is 3.90. The minimum absolute atomic E-state index is 0.0163. The van der Waals surface area contributed by atoms with E-state index in [-0.39, 0.29) is 53.6 Å².